The Labute approximate surface area is 272 Å². The van der Waals surface area contributed by atoms with Crippen molar-refractivity contribution in [2.75, 3.05) is 20.2 Å². The summed E-state index contributed by atoms with van der Waals surface area (Å²) in [7, 11) is 1.63. The van der Waals surface area contributed by atoms with Crippen LogP contribution in [-0.4, -0.2) is 71.1 Å². The van der Waals surface area contributed by atoms with Crippen LogP contribution in [0.2, 0.25) is 5.02 Å². The number of para-hydroxylation sites is 1. The third-order valence-electron chi connectivity index (χ3n) is 8.59. The Kier molecular flexibility index (Phi) is 8.00. The smallest absolute Gasteiger partial charge is 0.443 e. The van der Waals surface area contributed by atoms with E-state index in [-0.39, 0.29) is 23.5 Å². The number of pyridine rings is 1. The average molecular weight is 670 g/mol. The molecule has 12 nitrogen and oxygen atoms in total. The number of ether oxygens (including phenoxy) is 3. The van der Waals surface area contributed by atoms with Crippen LogP contribution in [0.3, 0.4) is 0 Å². The number of hydrogen-bond donors (Lipinski definition) is 1. The average Bonchev–Trinajstić information content (AvgIpc) is 3.77. The molecule has 0 bridgehead atoms. The van der Waals surface area contributed by atoms with Crippen LogP contribution in [0.5, 0.6) is 11.5 Å². The summed E-state index contributed by atoms with van der Waals surface area (Å²) in [6, 6.07) is 11.1. The Balaban J connectivity index is 1.08. The summed E-state index contributed by atoms with van der Waals surface area (Å²) in [5, 5.41) is 14.6. The minimum absolute atomic E-state index is 0.0885. The predicted molar refractivity (Wildman–Crippen MR) is 164 cm³/mol. The van der Waals surface area contributed by atoms with Crippen molar-refractivity contribution in [1.82, 2.24) is 44.8 Å². The van der Waals surface area contributed by atoms with Crippen LogP contribution in [-0.2, 0) is 29.8 Å². The van der Waals surface area contributed by atoms with Crippen LogP contribution in [0.15, 0.2) is 42.6 Å². The molecule has 1 N–H and O–H groups in total. The second-order valence-electron chi connectivity index (χ2n) is 11.9. The number of nitrogens with one attached hydrogen (secondary N) is 1. The van der Waals surface area contributed by atoms with Gasteiger partial charge in [0.1, 0.15) is 22.7 Å². The molecule has 1 aromatic carbocycles. The summed E-state index contributed by atoms with van der Waals surface area (Å²) in [5.74, 6) is -0.0308. The summed E-state index contributed by atoms with van der Waals surface area (Å²) in [6.07, 6.45) is -1.44. The zero-order chi connectivity index (χ0) is 32.9. The second kappa shape index (κ2) is 12.0. The Hall–Kier alpha value is -4.34. The highest BCUT2D eigenvalue weighted by Crippen LogP contribution is 2.49. The molecule has 4 aromatic heterocycles. The first-order chi connectivity index (χ1) is 22.5. The molecular formula is C31H31ClF3N9O3. The number of hydrogen-bond acceptors (Lipinski definition) is 10. The largest absolute Gasteiger partial charge is 0.451 e. The fourth-order valence-electron chi connectivity index (χ4n) is 6.05. The van der Waals surface area contributed by atoms with Gasteiger partial charge in [0, 0.05) is 25.8 Å². The molecule has 246 valence electrons. The normalized spacial score (nSPS) is 19.5. The first-order valence-electron chi connectivity index (χ1n) is 15.1. The molecule has 5 aromatic rings. The van der Waals surface area contributed by atoms with Gasteiger partial charge < -0.3 is 18.8 Å². The van der Waals surface area contributed by atoms with Gasteiger partial charge in [0.15, 0.2) is 17.1 Å². The zero-order valence-electron chi connectivity index (χ0n) is 25.8. The molecule has 2 atom stereocenters. The van der Waals surface area contributed by atoms with Gasteiger partial charge in [-0.25, -0.2) is 9.97 Å². The number of aromatic nitrogens is 8. The summed E-state index contributed by atoms with van der Waals surface area (Å²) in [4.78, 5) is 15.1. The standard InChI is InChI=1S/C31H31ClF3N9O3/c1-17(45-3)15-44-25(37-22-13-21(39-41-28(22)44)27-38-29(42-40-27)31(33,34)35)16-43-11-9-18(10-12-43)20-5-4-6-23-26(20)47-30(2,46-23)24-8-7-19(32)14-36-24/h4-8,13-14,17-18H,9-12,15-16H2,1-3H3,(H,38,40,42)/t17?,30-/m0/s1. The monoisotopic (exact) mass is 669 g/mol. The van der Waals surface area contributed by atoms with E-state index in [9.17, 15) is 13.2 Å². The highest BCUT2D eigenvalue weighted by atomic mass is 35.5. The second-order valence-corrected chi connectivity index (χ2v) is 12.3. The zero-order valence-corrected chi connectivity index (χ0v) is 26.5. The highest BCUT2D eigenvalue weighted by Gasteiger charge is 2.42. The van der Waals surface area contributed by atoms with E-state index in [4.69, 9.17) is 30.8 Å². The van der Waals surface area contributed by atoms with Gasteiger partial charge in [-0.3, -0.25) is 15.0 Å². The number of benzene rings is 1. The molecule has 0 saturated carbocycles. The van der Waals surface area contributed by atoms with Crippen molar-refractivity contribution in [3.8, 4) is 23.0 Å². The van der Waals surface area contributed by atoms with Crippen molar-refractivity contribution in [3.05, 3.63) is 70.5 Å². The Morgan fingerprint density at radius 3 is 2.64 bits per heavy atom. The first-order valence-corrected chi connectivity index (χ1v) is 15.5. The highest BCUT2D eigenvalue weighted by molar-refractivity contribution is 6.30. The Morgan fingerprint density at radius 2 is 1.94 bits per heavy atom. The summed E-state index contributed by atoms with van der Waals surface area (Å²) >= 11 is 6.04. The molecule has 16 heteroatoms. The van der Waals surface area contributed by atoms with Gasteiger partial charge in [-0.1, -0.05) is 23.7 Å². The number of halogens is 4. The number of likely N-dealkylation sites (tertiary alicyclic amines) is 1. The van der Waals surface area contributed by atoms with E-state index in [1.165, 1.54) is 0 Å². The lowest BCUT2D eigenvalue weighted by Crippen LogP contribution is -2.34. The maximum atomic E-state index is 13.1. The van der Waals surface area contributed by atoms with Gasteiger partial charge in [-0.2, -0.15) is 18.3 Å². The van der Waals surface area contributed by atoms with E-state index in [2.05, 4.69) is 36.2 Å². The van der Waals surface area contributed by atoms with Crippen molar-refractivity contribution >= 4 is 22.8 Å². The maximum absolute atomic E-state index is 13.1. The molecule has 0 radical (unpaired) electrons. The number of piperidine rings is 1. The molecule has 0 spiro atoms. The van der Waals surface area contributed by atoms with Gasteiger partial charge in [0.2, 0.25) is 11.6 Å². The number of nitrogens with zero attached hydrogens (tertiary/aromatic N) is 8. The van der Waals surface area contributed by atoms with Crippen LogP contribution in [0.25, 0.3) is 22.7 Å². The molecule has 0 amide bonds. The number of methoxy groups -OCH3 is 1. The lowest BCUT2D eigenvalue weighted by molar-refractivity contribution is -0.144. The lowest BCUT2D eigenvalue weighted by atomic mass is 9.88. The number of alkyl halides is 3. The number of imidazole rings is 1. The molecule has 1 unspecified atom stereocenters. The molecule has 2 aliphatic heterocycles. The van der Waals surface area contributed by atoms with E-state index < -0.39 is 17.8 Å². The van der Waals surface area contributed by atoms with E-state index in [0.29, 0.717) is 40.7 Å². The van der Waals surface area contributed by atoms with Crippen LogP contribution in [0, 0.1) is 0 Å². The molecule has 1 fully saturated rings. The minimum atomic E-state index is -4.65. The molecule has 6 heterocycles. The third-order valence-corrected chi connectivity index (χ3v) is 8.82. The molecular weight excluding hydrogens is 639 g/mol. The van der Waals surface area contributed by atoms with Gasteiger partial charge in [-0.15, -0.1) is 10.2 Å². The van der Waals surface area contributed by atoms with Gasteiger partial charge in [0.25, 0.3) is 5.79 Å². The minimum Gasteiger partial charge on any atom is -0.443 e. The molecule has 2 aliphatic rings. The summed E-state index contributed by atoms with van der Waals surface area (Å²) < 4.78 is 59.4. The number of rotatable bonds is 8. The van der Waals surface area contributed by atoms with Crippen molar-refractivity contribution < 1.29 is 27.4 Å². The van der Waals surface area contributed by atoms with Crippen molar-refractivity contribution in [1.29, 1.82) is 0 Å². The Bertz CT molecular complexity index is 1910. The maximum Gasteiger partial charge on any atom is 0.451 e. The molecule has 0 aliphatic carbocycles. The molecule has 7 rings (SSSR count). The number of H-pyrrole nitrogens is 1. The summed E-state index contributed by atoms with van der Waals surface area (Å²) in [6.45, 7) is 6.42. The fraction of sp³-hybridized carbons (Fsp3) is 0.419. The topological polar surface area (TPSA) is 129 Å². The van der Waals surface area contributed by atoms with Gasteiger partial charge >= 0.3 is 6.18 Å². The van der Waals surface area contributed by atoms with E-state index in [1.807, 2.05) is 35.6 Å². The van der Waals surface area contributed by atoms with Crippen molar-refractivity contribution in [2.24, 2.45) is 0 Å². The number of aromatic amines is 1. The van der Waals surface area contributed by atoms with Crippen LogP contribution in [0.4, 0.5) is 13.2 Å². The SMILES string of the molecule is COC(C)Cn1c(CN2CCC(c3cccc4c3O[C@@](C)(c3ccc(Cl)cn3)O4)CC2)nc2cc(-c3n[nH]c(C(F)(F)F)n3)nnc21. The van der Waals surface area contributed by atoms with Crippen LogP contribution < -0.4 is 9.47 Å². The van der Waals surface area contributed by atoms with Gasteiger partial charge in [0.05, 0.1) is 24.2 Å². The van der Waals surface area contributed by atoms with E-state index in [0.717, 1.165) is 43.1 Å². The fourth-order valence-corrected chi connectivity index (χ4v) is 6.16. The number of fused-ring (bicyclic) bond motifs is 2. The quantitative estimate of drug-likeness (QED) is 0.218. The predicted octanol–water partition coefficient (Wildman–Crippen LogP) is 5.74. The summed E-state index contributed by atoms with van der Waals surface area (Å²) in [5.41, 5.74) is 2.81. The van der Waals surface area contributed by atoms with Crippen LogP contribution >= 0.6 is 11.6 Å². The first kappa shape index (κ1) is 31.3. The molecule has 1 saturated heterocycles. The lowest BCUT2D eigenvalue weighted by Gasteiger charge is -2.32. The van der Waals surface area contributed by atoms with Gasteiger partial charge in [-0.05, 0) is 63.0 Å². The van der Waals surface area contributed by atoms with Crippen molar-refractivity contribution in [2.45, 2.75) is 63.8 Å². The third kappa shape index (κ3) is 6.10. The molecule has 47 heavy (non-hydrogen) atoms. The van der Waals surface area contributed by atoms with E-state index in [1.54, 1.807) is 31.5 Å². The van der Waals surface area contributed by atoms with Crippen molar-refractivity contribution in [3.63, 3.8) is 0 Å². The van der Waals surface area contributed by atoms with Crippen LogP contribution in [0.1, 0.15) is 55.5 Å². The Morgan fingerprint density at radius 1 is 1.13 bits per heavy atom. The van der Waals surface area contributed by atoms with E-state index >= 15 is 0 Å².